The molecule has 0 spiro atoms. The smallest absolute Gasteiger partial charge is 0.0449 e. The minimum atomic E-state index is 0.185. The molecule has 1 unspecified atom stereocenters. The highest BCUT2D eigenvalue weighted by molar-refractivity contribution is 7.99. The predicted octanol–water partition coefficient (Wildman–Crippen LogP) is 4.77. The molecular formula is C16H18ClNS. The van der Waals surface area contributed by atoms with Crippen LogP contribution in [0.25, 0.3) is 0 Å². The van der Waals surface area contributed by atoms with Gasteiger partial charge in [0, 0.05) is 20.9 Å². The van der Waals surface area contributed by atoms with E-state index in [4.69, 9.17) is 17.3 Å². The Morgan fingerprint density at radius 1 is 1.11 bits per heavy atom. The lowest BCUT2D eigenvalue weighted by Crippen LogP contribution is -2.21. The molecule has 2 aromatic carbocycles. The van der Waals surface area contributed by atoms with Gasteiger partial charge in [-0.15, -0.1) is 0 Å². The first-order chi connectivity index (χ1) is 9.19. The van der Waals surface area contributed by atoms with Crippen molar-refractivity contribution in [2.45, 2.75) is 35.6 Å². The summed E-state index contributed by atoms with van der Waals surface area (Å²) in [6.07, 6.45) is 1.81. The summed E-state index contributed by atoms with van der Waals surface area (Å²) in [5, 5.41) is 0.810. The van der Waals surface area contributed by atoms with Gasteiger partial charge in [0.25, 0.3) is 0 Å². The third kappa shape index (κ3) is 4.27. The molecule has 0 radical (unpaired) electrons. The van der Waals surface area contributed by atoms with Crippen LogP contribution in [0.4, 0.5) is 0 Å². The number of nitrogens with two attached hydrogens (primary N) is 1. The molecule has 3 heteroatoms. The summed E-state index contributed by atoms with van der Waals surface area (Å²) in [6, 6.07) is 16.7. The van der Waals surface area contributed by atoms with E-state index in [0.717, 1.165) is 28.3 Å². The number of benzene rings is 2. The number of rotatable bonds is 5. The van der Waals surface area contributed by atoms with E-state index in [1.165, 1.54) is 4.90 Å². The maximum Gasteiger partial charge on any atom is 0.0449 e. The first-order valence-electron chi connectivity index (χ1n) is 6.46. The molecule has 0 saturated carbocycles. The monoisotopic (exact) mass is 291 g/mol. The van der Waals surface area contributed by atoms with Crippen molar-refractivity contribution in [3.63, 3.8) is 0 Å². The largest absolute Gasteiger partial charge is 0.327 e. The normalized spacial score (nSPS) is 12.4. The van der Waals surface area contributed by atoms with Crippen LogP contribution in [0.15, 0.2) is 58.3 Å². The van der Waals surface area contributed by atoms with Gasteiger partial charge in [-0.1, -0.05) is 54.6 Å². The Labute approximate surface area is 124 Å². The van der Waals surface area contributed by atoms with Gasteiger partial charge in [-0.05, 0) is 42.7 Å². The van der Waals surface area contributed by atoms with Crippen molar-refractivity contribution in [1.29, 1.82) is 0 Å². The van der Waals surface area contributed by atoms with E-state index in [9.17, 15) is 0 Å². The van der Waals surface area contributed by atoms with E-state index in [-0.39, 0.29) is 6.04 Å². The van der Waals surface area contributed by atoms with E-state index in [2.05, 4.69) is 31.2 Å². The van der Waals surface area contributed by atoms with Gasteiger partial charge in [-0.25, -0.2) is 0 Å². The quantitative estimate of drug-likeness (QED) is 0.858. The van der Waals surface area contributed by atoms with E-state index in [0.29, 0.717) is 0 Å². The minimum absolute atomic E-state index is 0.185. The standard InChI is InChI=1S/C16H18ClNS/c1-2-13(18)10-12-8-9-15(11-16(12)17)19-14-6-4-3-5-7-14/h3-9,11,13H,2,10,18H2,1H3. The Morgan fingerprint density at radius 2 is 1.84 bits per heavy atom. The van der Waals surface area contributed by atoms with Gasteiger partial charge < -0.3 is 5.73 Å². The van der Waals surface area contributed by atoms with Crippen LogP contribution in [-0.4, -0.2) is 6.04 Å². The van der Waals surface area contributed by atoms with Gasteiger partial charge in [0.1, 0.15) is 0 Å². The van der Waals surface area contributed by atoms with Crippen molar-refractivity contribution in [2.24, 2.45) is 5.73 Å². The minimum Gasteiger partial charge on any atom is -0.327 e. The highest BCUT2D eigenvalue weighted by atomic mass is 35.5. The molecule has 0 aliphatic rings. The summed E-state index contributed by atoms with van der Waals surface area (Å²) in [6.45, 7) is 2.10. The van der Waals surface area contributed by atoms with Gasteiger partial charge in [-0.3, -0.25) is 0 Å². The van der Waals surface area contributed by atoms with Gasteiger partial charge in [0.2, 0.25) is 0 Å². The first kappa shape index (κ1) is 14.4. The average Bonchev–Trinajstić information content (AvgIpc) is 2.43. The lowest BCUT2D eigenvalue weighted by molar-refractivity contribution is 0.646. The first-order valence-corrected chi connectivity index (χ1v) is 7.65. The molecule has 0 aliphatic heterocycles. The Hall–Kier alpha value is -0.960. The zero-order chi connectivity index (χ0) is 13.7. The van der Waals surface area contributed by atoms with Crippen molar-refractivity contribution in [3.05, 3.63) is 59.1 Å². The topological polar surface area (TPSA) is 26.0 Å². The maximum atomic E-state index is 6.33. The SMILES string of the molecule is CCC(N)Cc1ccc(Sc2ccccc2)cc1Cl. The van der Waals surface area contributed by atoms with E-state index < -0.39 is 0 Å². The summed E-state index contributed by atoms with van der Waals surface area (Å²) < 4.78 is 0. The van der Waals surface area contributed by atoms with Crippen molar-refractivity contribution in [3.8, 4) is 0 Å². The number of hydrogen-bond donors (Lipinski definition) is 1. The van der Waals surface area contributed by atoms with Gasteiger partial charge in [-0.2, -0.15) is 0 Å². The predicted molar refractivity (Wildman–Crippen MR) is 84.0 cm³/mol. The Morgan fingerprint density at radius 3 is 2.47 bits per heavy atom. The van der Waals surface area contributed by atoms with Gasteiger partial charge in [0.15, 0.2) is 0 Å². The van der Waals surface area contributed by atoms with Crippen LogP contribution in [0.1, 0.15) is 18.9 Å². The fourth-order valence-electron chi connectivity index (χ4n) is 1.81. The molecule has 0 aliphatic carbocycles. The van der Waals surface area contributed by atoms with Crippen LogP contribution in [0.3, 0.4) is 0 Å². The molecule has 0 fully saturated rings. The fourth-order valence-corrected chi connectivity index (χ4v) is 3.01. The van der Waals surface area contributed by atoms with Crippen molar-refractivity contribution in [2.75, 3.05) is 0 Å². The molecule has 0 heterocycles. The molecular weight excluding hydrogens is 274 g/mol. The summed E-state index contributed by atoms with van der Waals surface area (Å²) in [4.78, 5) is 2.38. The number of halogens is 1. The molecule has 2 rings (SSSR count). The average molecular weight is 292 g/mol. The summed E-state index contributed by atoms with van der Waals surface area (Å²) >= 11 is 8.05. The van der Waals surface area contributed by atoms with E-state index in [1.54, 1.807) is 11.8 Å². The van der Waals surface area contributed by atoms with Crippen molar-refractivity contribution in [1.82, 2.24) is 0 Å². The van der Waals surface area contributed by atoms with Crippen LogP contribution < -0.4 is 5.73 Å². The van der Waals surface area contributed by atoms with Crippen molar-refractivity contribution < 1.29 is 0 Å². The molecule has 2 aromatic rings. The van der Waals surface area contributed by atoms with Crippen LogP contribution in [0, 0.1) is 0 Å². The second-order valence-electron chi connectivity index (χ2n) is 4.54. The van der Waals surface area contributed by atoms with Crippen molar-refractivity contribution >= 4 is 23.4 Å². The molecule has 2 N–H and O–H groups in total. The van der Waals surface area contributed by atoms with Crippen LogP contribution >= 0.6 is 23.4 Å². The highest BCUT2D eigenvalue weighted by Crippen LogP contribution is 2.31. The second-order valence-corrected chi connectivity index (χ2v) is 6.09. The summed E-state index contributed by atoms with van der Waals surface area (Å²) in [5.74, 6) is 0. The Bertz CT molecular complexity index is 528. The zero-order valence-electron chi connectivity index (χ0n) is 11.0. The van der Waals surface area contributed by atoms with Crippen LogP contribution in [-0.2, 0) is 6.42 Å². The van der Waals surface area contributed by atoms with Gasteiger partial charge >= 0.3 is 0 Å². The second kappa shape index (κ2) is 6.99. The molecule has 19 heavy (non-hydrogen) atoms. The fraction of sp³-hybridized carbons (Fsp3) is 0.250. The molecule has 0 aromatic heterocycles. The third-order valence-electron chi connectivity index (χ3n) is 3.01. The molecule has 0 bridgehead atoms. The molecule has 100 valence electrons. The molecule has 0 amide bonds. The van der Waals surface area contributed by atoms with E-state index in [1.807, 2.05) is 24.3 Å². The number of hydrogen-bond acceptors (Lipinski definition) is 2. The van der Waals surface area contributed by atoms with Crippen LogP contribution in [0.2, 0.25) is 5.02 Å². The molecule has 0 saturated heterocycles. The third-order valence-corrected chi connectivity index (χ3v) is 4.36. The Balaban J connectivity index is 2.10. The van der Waals surface area contributed by atoms with E-state index >= 15 is 0 Å². The summed E-state index contributed by atoms with van der Waals surface area (Å²) in [5.41, 5.74) is 7.10. The lowest BCUT2D eigenvalue weighted by atomic mass is 10.1. The summed E-state index contributed by atoms with van der Waals surface area (Å²) in [7, 11) is 0. The molecule has 1 atom stereocenters. The zero-order valence-corrected chi connectivity index (χ0v) is 12.5. The lowest BCUT2D eigenvalue weighted by Gasteiger charge is -2.11. The van der Waals surface area contributed by atoms with Crippen LogP contribution in [0.5, 0.6) is 0 Å². The maximum absolute atomic E-state index is 6.33. The Kier molecular flexibility index (Phi) is 5.32. The molecule has 1 nitrogen and oxygen atoms in total. The highest BCUT2D eigenvalue weighted by Gasteiger charge is 2.07. The van der Waals surface area contributed by atoms with Gasteiger partial charge in [0.05, 0.1) is 0 Å².